The van der Waals surface area contributed by atoms with Crippen molar-refractivity contribution in [2.24, 2.45) is 0 Å². The van der Waals surface area contributed by atoms with Gasteiger partial charge in [0.2, 0.25) is 0 Å². The molecule has 3 heteroatoms. The van der Waals surface area contributed by atoms with Crippen molar-refractivity contribution < 1.29 is 0 Å². The zero-order valence-electron chi connectivity index (χ0n) is 4.52. The van der Waals surface area contributed by atoms with Gasteiger partial charge >= 0.3 is 0 Å². The van der Waals surface area contributed by atoms with Crippen LogP contribution in [0.25, 0.3) is 0 Å². The molecule has 0 aliphatic rings. The minimum absolute atomic E-state index is 1.21. The quantitative estimate of drug-likeness (QED) is 0.370. The summed E-state index contributed by atoms with van der Waals surface area (Å²) in [5, 5.41) is 0. The number of nitrogens with one attached hydrogen (secondary N) is 2. The van der Waals surface area contributed by atoms with E-state index >= 15 is 0 Å². The molecule has 0 rings (SSSR count). The molecule has 0 saturated carbocycles. The summed E-state index contributed by atoms with van der Waals surface area (Å²) in [4.78, 5) is 2.47. The van der Waals surface area contributed by atoms with E-state index in [1.54, 1.807) is 0 Å². The minimum Gasteiger partial charge on any atom is -0.319 e. The maximum Gasteiger partial charge on any atom is 0.0120 e. The maximum absolute atomic E-state index is 3.69. The van der Waals surface area contributed by atoms with E-state index in [1.807, 2.05) is 20.0 Å². The molecule has 0 aliphatic carbocycles. The van der Waals surface area contributed by atoms with Crippen LogP contribution >= 0.6 is 12.8 Å². The van der Waals surface area contributed by atoms with Crippen molar-refractivity contribution in [3.8, 4) is 0 Å². The fourth-order valence-corrected chi connectivity index (χ4v) is 0.241. The fourth-order valence-electron chi connectivity index (χ4n) is 0.177. The Hall–Kier alpha value is -0.150. The Morgan fingerprint density at radius 2 is 2.14 bits per heavy atom. The van der Waals surface area contributed by atoms with E-state index in [4.69, 9.17) is 0 Å². The van der Waals surface area contributed by atoms with E-state index in [0.717, 1.165) is 0 Å². The third-order valence-corrected chi connectivity index (χ3v) is 0.554. The zero-order valence-corrected chi connectivity index (χ0v) is 5.42. The Kier molecular flexibility index (Phi) is 3.93. The molecule has 0 bridgehead atoms. The van der Waals surface area contributed by atoms with Gasteiger partial charge in [0.25, 0.3) is 0 Å². The van der Waals surface area contributed by atoms with Crippen LogP contribution in [0.15, 0.2) is 11.8 Å². The number of hydrogen-bond acceptors (Lipinski definition) is 3. The zero-order chi connectivity index (χ0) is 5.70. The molecule has 2 N–H and O–H groups in total. The van der Waals surface area contributed by atoms with Gasteiger partial charge in [0.1, 0.15) is 0 Å². The maximum atomic E-state index is 3.69. The number of allylic oxidation sites excluding steroid dienone is 1. The first-order chi connectivity index (χ1) is 3.27. The van der Waals surface area contributed by atoms with E-state index < -0.39 is 0 Å². The molecular formula is C4H10N2S. The molecule has 42 valence electrons. The lowest BCUT2D eigenvalue weighted by molar-refractivity contribution is 0.871. The van der Waals surface area contributed by atoms with Crippen LogP contribution in [-0.4, -0.2) is 0 Å². The van der Waals surface area contributed by atoms with Crippen LogP contribution in [0.4, 0.5) is 0 Å². The van der Waals surface area contributed by atoms with Gasteiger partial charge in [-0.3, -0.25) is 0 Å². The van der Waals surface area contributed by atoms with Gasteiger partial charge in [-0.25, -0.2) is 0 Å². The van der Waals surface area contributed by atoms with Crippen molar-refractivity contribution in [1.29, 1.82) is 0 Å². The fraction of sp³-hybridized carbons (Fsp3) is 0.500. The van der Waals surface area contributed by atoms with Crippen LogP contribution < -0.4 is 10.3 Å². The van der Waals surface area contributed by atoms with Gasteiger partial charge in [-0.15, -0.1) is 0 Å². The van der Waals surface area contributed by atoms with Gasteiger partial charge in [0.15, 0.2) is 0 Å². The van der Waals surface area contributed by atoms with Crippen molar-refractivity contribution >= 4 is 12.8 Å². The molecule has 0 saturated heterocycles. The van der Waals surface area contributed by atoms with E-state index in [0.29, 0.717) is 0 Å². The lowest BCUT2D eigenvalue weighted by atomic mass is 10.4. The molecule has 0 amide bonds. The highest BCUT2D eigenvalue weighted by atomic mass is 32.1. The van der Waals surface area contributed by atoms with E-state index in [1.165, 1.54) is 5.57 Å². The standard InChI is InChI=1S/C4H10N2S/c1-4(2)3-5-6-7/h3,5-7H,1-2H3. The summed E-state index contributed by atoms with van der Waals surface area (Å²) in [5.74, 6) is 0. The van der Waals surface area contributed by atoms with E-state index in [9.17, 15) is 0 Å². The van der Waals surface area contributed by atoms with Crippen molar-refractivity contribution in [3.05, 3.63) is 11.8 Å². The summed E-state index contributed by atoms with van der Waals surface area (Å²) in [7, 11) is 0. The average Bonchev–Trinajstić information content (AvgIpc) is 1.61. The van der Waals surface area contributed by atoms with Crippen LogP contribution in [0.5, 0.6) is 0 Å². The molecule has 7 heavy (non-hydrogen) atoms. The molecule has 0 unspecified atom stereocenters. The highest BCUT2D eigenvalue weighted by Crippen LogP contribution is 1.81. The number of rotatable bonds is 2. The van der Waals surface area contributed by atoms with Gasteiger partial charge in [-0.1, -0.05) is 18.4 Å². The Bertz CT molecular complexity index is 66.1. The average molecular weight is 118 g/mol. The Morgan fingerprint density at radius 3 is 2.29 bits per heavy atom. The number of hydrazine groups is 1. The molecule has 0 aliphatic heterocycles. The topological polar surface area (TPSA) is 24.1 Å². The lowest BCUT2D eigenvalue weighted by Gasteiger charge is -1.92. The SMILES string of the molecule is CC(C)=CNNS. The largest absolute Gasteiger partial charge is 0.319 e. The highest BCUT2D eigenvalue weighted by Gasteiger charge is 1.69. The van der Waals surface area contributed by atoms with Gasteiger partial charge in [-0.2, -0.15) is 4.83 Å². The normalized spacial score (nSPS) is 7.86. The molecule has 0 atom stereocenters. The number of hydrogen-bond donors (Lipinski definition) is 3. The second-order valence-electron chi connectivity index (χ2n) is 1.48. The summed E-state index contributed by atoms with van der Waals surface area (Å²) in [6.45, 7) is 4.00. The van der Waals surface area contributed by atoms with Gasteiger partial charge in [0.05, 0.1) is 0 Å². The van der Waals surface area contributed by atoms with Crippen molar-refractivity contribution in [3.63, 3.8) is 0 Å². The van der Waals surface area contributed by atoms with Crippen molar-refractivity contribution in [1.82, 2.24) is 10.3 Å². The van der Waals surface area contributed by atoms with Gasteiger partial charge in [0, 0.05) is 6.20 Å². The van der Waals surface area contributed by atoms with Crippen LogP contribution in [-0.2, 0) is 0 Å². The molecule has 0 aromatic rings. The van der Waals surface area contributed by atoms with Gasteiger partial charge in [-0.05, 0) is 13.8 Å². The molecule has 0 heterocycles. The van der Waals surface area contributed by atoms with Crippen molar-refractivity contribution in [2.45, 2.75) is 13.8 Å². The Morgan fingerprint density at radius 1 is 1.57 bits per heavy atom. The molecular weight excluding hydrogens is 108 g/mol. The summed E-state index contributed by atoms with van der Waals surface area (Å²) in [5.41, 5.74) is 3.91. The highest BCUT2D eigenvalue weighted by molar-refractivity contribution is 7.78. The van der Waals surface area contributed by atoms with Crippen LogP contribution in [0.1, 0.15) is 13.8 Å². The molecule has 0 spiro atoms. The summed E-state index contributed by atoms with van der Waals surface area (Å²) < 4.78 is 0. The third kappa shape index (κ3) is 5.85. The summed E-state index contributed by atoms with van der Waals surface area (Å²) in [6, 6.07) is 0. The van der Waals surface area contributed by atoms with E-state index in [2.05, 4.69) is 23.1 Å². The lowest BCUT2D eigenvalue weighted by Crippen LogP contribution is -2.15. The molecule has 0 fully saturated rings. The molecule has 2 nitrogen and oxygen atoms in total. The first-order valence-corrected chi connectivity index (χ1v) is 2.50. The molecule has 0 aromatic heterocycles. The smallest absolute Gasteiger partial charge is 0.0120 e. The minimum atomic E-state index is 1.21. The predicted octanol–water partition coefficient (Wildman–Crippen LogP) is 0.849. The molecule has 0 aromatic carbocycles. The monoisotopic (exact) mass is 118 g/mol. The summed E-state index contributed by atoms with van der Waals surface area (Å²) in [6.07, 6.45) is 1.83. The van der Waals surface area contributed by atoms with Crippen molar-refractivity contribution in [2.75, 3.05) is 0 Å². The van der Waals surface area contributed by atoms with Crippen LogP contribution in [0, 0.1) is 0 Å². The second kappa shape index (κ2) is 4.02. The Labute approximate surface area is 49.5 Å². The first kappa shape index (κ1) is 6.85. The molecule has 0 radical (unpaired) electrons. The van der Waals surface area contributed by atoms with E-state index in [-0.39, 0.29) is 0 Å². The van der Waals surface area contributed by atoms with Crippen LogP contribution in [0.3, 0.4) is 0 Å². The first-order valence-electron chi connectivity index (χ1n) is 2.05. The van der Waals surface area contributed by atoms with Gasteiger partial charge < -0.3 is 5.43 Å². The van der Waals surface area contributed by atoms with Crippen LogP contribution in [0.2, 0.25) is 0 Å². The predicted molar refractivity (Wildman–Crippen MR) is 34.7 cm³/mol. The number of thiol groups is 1. The second-order valence-corrected chi connectivity index (χ2v) is 1.70. The third-order valence-electron chi connectivity index (χ3n) is 0.425. The summed E-state index contributed by atoms with van der Waals surface area (Å²) >= 11 is 3.69. The Balaban J connectivity index is 3.08.